The van der Waals surface area contributed by atoms with Gasteiger partial charge in [-0.25, -0.2) is 4.68 Å². The Kier molecular flexibility index (Phi) is 5.11. The first-order valence-electron chi connectivity index (χ1n) is 8.34. The van der Waals surface area contributed by atoms with Crippen LogP contribution in [0.2, 0.25) is 0 Å². The zero-order chi connectivity index (χ0) is 17.8. The van der Waals surface area contributed by atoms with Crippen molar-refractivity contribution in [1.82, 2.24) is 9.78 Å². The van der Waals surface area contributed by atoms with Crippen LogP contribution in [0.3, 0.4) is 0 Å². The van der Waals surface area contributed by atoms with Crippen molar-refractivity contribution < 1.29 is 24.1 Å². The van der Waals surface area contributed by atoms with Crippen LogP contribution in [-0.4, -0.2) is 40.7 Å². The van der Waals surface area contributed by atoms with Gasteiger partial charge in [0.1, 0.15) is 13.2 Å². The van der Waals surface area contributed by atoms with Gasteiger partial charge in [-0.05, 0) is 31.0 Å². The number of aromatic nitrogens is 2. The van der Waals surface area contributed by atoms with Crippen LogP contribution in [0.4, 0.5) is 0 Å². The maximum Gasteiger partial charge on any atom is 0.306 e. The molecular formula is C18H22N2O5. The Morgan fingerprint density at radius 2 is 2.08 bits per heavy atom. The van der Waals surface area contributed by atoms with Crippen LogP contribution in [0, 0.1) is 0 Å². The van der Waals surface area contributed by atoms with Crippen molar-refractivity contribution in [1.29, 1.82) is 0 Å². The van der Waals surface area contributed by atoms with Crippen LogP contribution in [-0.2, 0) is 23.0 Å². The van der Waals surface area contributed by atoms with Crippen molar-refractivity contribution in [2.45, 2.75) is 25.7 Å². The van der Waals surface area contributed by atoms with Gasteiger partial charge in [0, 0.05) is 19.0 Å². The fourth-order valence-corrected chi connectivity index (χ4v) is 2.91. The molecular weight excluding hydrogens is 324 g/mol. The highest BCUT2D eigenvalue weighted by Crippen LogP contribution is 2.35. The maximum absolute atomic E-state index is 12.0. The van der Waals surface area contributed by atoms with Crippen molar-refractivity contribution in [3.63, 3.8) is 0 Å². The number of aromatic hydroxyl groups is 1. The van der Waals surface area contributed by atoms with Crippen LogP contribution < -0.4 is 9.47 Å². The highest BCUT2D eigenvalue weighted by molar-refractivity contribution is 5.70. The first-order chi connectivity index (χ1) is 12.1. The van der Waals surface area contributed by atoms with E-state index >= 15 is 0 Å². The molecule has 0 radical (unpaired) electrons. The van der Waals surface area contributed by atoms with Crippen molar-refractivity contribution in [2.75, 3.05) is 19.8 Å². The van der Waals surface area contributed by atoms with Gasteiger partial charge in [0.15, 0.2) is 11.5 Å². The Morgan fingerprint density at radius 3 is 2.76 bits per heavy atom. The number of rotatable bonds is 6. The average Bonchev–Trinajstić information content (AvgIpc) is 2.91. The smallest absolute Gasteiger partial charge is 0.306 e. The summed E-state index contributed by atoms with van der Waals surface area (Å²) >= 11 is 0. The molecule has 0 bridgehead atoms. The van der Waals surface area contributed by atoms with Crippen LogP contribution in [0.5, 0.6) is 17.4 Å². The van der Waals surface area contributed by atoms with E-state index in [2.05, 4.69) is 5.10 Å². The van der Waals surface area contributed by atoms with Gasteiger partial charge in [0.05, 0.1) is 18.7 Å². The summed E-state index contributed by atoms with van der Waals surface area (Å²) in [4.78, 5) is 12.0. The highest BCUT2D eigenvalue weighted by Gasteiger charge is 2.22. The van der Waals surface area contributed by atoms with Crippen molar-refractivity contribution in [2.24, 2.45) is 7.05 Å². The molecule has 7 nitrogen and oxygen atoms in total. The van der Waals surface area contributed by atoms with Crippen LogP contribution in [0.1, 0.15) is 30.5 Å². The third-order valence-electron chi connectivity index (χ3n) is 4.12. The molecule has 1 aliphatic rings. The minimum atomic E-state index is -0.262. The Morgan fingerprint density at radius 1 is 1.32 bits per heavy atom. The van der Waals surface area contributed by atoms with Crippen LogP contribution in [0.15, 0.2) is 24.3 Å². The molecule has 0 saturated carbocycles. The second-order valence-electron chi connectivity index (χ2n) is 5.93. The molecule has 0 aliphatic carbocycles. The lowest BCUT2D eigenvalue weighted by Crippen LogP contribution is -2.17. The molecule has 134 valence electrons. The Balaban J connectivity index is 1.85. The SMILES string of the molecule is CCOC(=O)CC(Cc1cc(O)n(C)n1)c1ccc2c(c1)OCCO2. The normalized spacial score (nSPS) is 14.2. The van der Waals surface area contributed by atoms with Crippen LogP contribution in [0.25, 0.3) is 0 Å². The molecule has 1 aromatic carbocycles. The molecule has 0 amide bonds. The number of carbonyl (C=O) groups excluding carboxylic acids is 1. The monoisotopic (exact) mass is 346 g/mol. The fourth-order valence-electron chi connectivity index (χ4n) is 2.91. The number of aryl methyl sites for hydroxylation is 1. The second-order valence-corrected chi connectivity index (χ2v) is 5.93. The van der Waals surface area contributed by atoms with Crippen LogP contribution >= 0.6 is 0 Å². The number of ether oxygens (including phenoxy) is 3. The molecule has 2 heterocycles. The molecule has 2 aromatic rings. The Bertz CT molecular complexity index is 736. The number of carbonyl (C=O) groups is 1. The van der Waals surface area contributed by atoms with Gasteiger partial charge in [-0.3, -0.25) is 4.79 Å². The molecule has 1 atom stereocenters. The number of esters is 1. The summed E-state index contributed by atoms with van der Waals surface area (Å²) in [6, 6.07) is 7.30. The minimum absolute atomic E-state index is 0.0899. The summed E-state index contributed by atoms with van der Waals surface area (Å²) in [6.07, 6.45) is 0.734. The van der Waals surface area contributed by atoms with Gasteiger partial charge in [-0.1, -0.05) is 6.07 Å². The highest BCUT2D eigenvalue weighted by atomic mass is 16.6. The average molecular weight is 346 g/mol. The number of hydrogen-bond donors (Lipinski definition) is 1. The molecule has 25 heavy (non-hydrogen) atoms. The van der Waals surface area contributed by atoms with E-state index in [0.717, 1.165) is 5.56 Å². The molecule has 0 spiro atoms. The molecule has 0 saturated heterocycles. The largest absolute Gasteiger partial charge is 0.493 e. The van der Waals surface area contributed by atoms with E-state index in [-0.39, 0.29) is 24.2 Å². The van der Waals surface area contributed by atoms with Gasteiger partial charge in [0.25, 0.3) is 0 Å². The third kappa shape index (κ3) is 4.04. The number of nitrogens with zero attached hydrogens (tertiary/aromatic N) is 2. The third-order valence-corrected chi connectivity index (χ3v) is 4.12. The lowest BCUT2D eigenvalue weighted by Gasteiger charge is -2.21. The molecule has 1 N–H and O–H groups in total. The summed E-state index contributed by atoms with van der Waals surface area (Å²) in [5, 5.41) is 14.0. The van der Waals surface area contributed by atoms with Crippen molar-refractivity contribution >= 4 is 5.97 Å². The van der Waals surface area contributed by atoms with Gasteiger partial charge in [0.2, 0.25) is 5.88 Å². The first-order valence-corrected chi connectivity index (χ1v) is 8.34. The standard InChI is InChI=1S/C18H22N2O5/c1-3-23-18(22)10-13(8-14-11-17(21)20(2)19-14)12-4-5-15-16(9-12)25-7-6-24-15/h4-5,9,11,13,21H,3,6-8,10H2,1-2H3. The van der Waals surface area contributed by atoms with Gasteiger partial charge in [-0.15, -0.1) is 0 Å². The topological polar surface area (TPSA) is 82.8 Å². The maximum atomic E-state index is 12.0. The van der Waals surface area contributed by atoms with E-state index in [9.17, 15) is 9.90 Å². The molecule has 1 unspecified atom stereocenters. The lowest BCUT2D eigenvalue weighted by molar-refractivity contribution is -0.143. The van der Waals surface area contributed by atoms with Crippen molar-refractivity contribution in [3.05, 3.63) is 35.5 Å². The lowest BCUT2D eigenvalue weighted by atomic mass is 9.91. The minimum Gasteiger partial charge on any atom is -0.493 e. The predicted molar refractivity (Wildman–Crippen MR) is 90.0 cm³/mol. The molecule has 7 heteroatoms. The zero-order valence-corrected chi connectivity index (χ0v) is 14.4. The predicted octanol–water partition coefficient (Wildman–Crippen LogP) is 2.18. The van der Waals surface area contributed by atoms with Gasteiger partial charge >= 0.3 is 5.97 Å². The van der Waals surface area contributed by atoms with E-state index in [4.69, 9.17) is 14.2 Å². The second kappa shape index (κ2) is 7.46. The van der Waals surface area contributed by atoms with Crippen molar-refractivity contribution in [3.8, 4) is 17.4 Å². The summed E-state index contributed by atoms with van der Waals surface area (Å²) in [5.74, 6) is 1.08. The zero-order valence-electron chi connectivity index (χ0n) is 14.4. The van der Waals surface area contributed by atoms with E-state index in [1.807, 2.05) is 18.2 Å². The first kappa shape index (κ1) is 17.1. The Hall–Kier alpha value is -2.70. The summed E-state index contributed by atoms with van der Waals surface area (Å²) < 4.78 is 17.7. The van der Waals surface area contributed by atoms with Gasteiger partial charge < -0.3 is 19.3 Å². The Labute approximate surface area is 146 Å². The molecule has 3 rings (SSSR count). The van der Waals surface area contributed by atoms with E-state index in [1.165, 1.54) is 4.68 Å². The fraction of sp³-hybridized carbons (Fsp3) is 0.444. The number of hydrogen-bond acceptors (Lipinski definition) is 6. The van der Waals surface area contributed by atoms with E-state index in [0.29, 0.717) is 43.4 Å². The summed E-state index contributed by atoms with van der Waals surface area (Å²) in [6.45, 7) is 3.17. The van der Waals surface area contributed by atoms with E-state index in [1.54, 1.807) is 20.0 Å². The molecule has 1 aromatic heterocycles. The summed E-state index contributed by atoms with van der Waals surface area (Å²) in [5.41, 5.74) is 1.66. The molecule has 1 aliphatic heterocycles. The quantitative estimate of drug-likeness (QED) is 0.807. The number of benzene rings is 1. The van der Waals surface area contributed by atoms with E-state index < -0.39 is 0 Å². The summed E-state index contributed by atoms with van der Waals surface area (Å²) in [7, 11) is 1.67. The van der Waals surface area contributed by atoms with Gasteiger partial charge in [-0.2, -0.15) is 5.10 Å². The number of fused-ring (bicyclic) bond motifs is 1. The molecule has 0 fully saturated rings.